The highest BCUT2D eigenvalue weighted by atomic mass is 19.4. The Morgan fingerprint density at radius 2 is 1.32 bits per heavy atom. The molecule has 134 valence electrons. The number of halogens is 6. The van der Waals surface area contributed by atoms with E-state index >= 15 is 0 Å². The molecule has 0 heterocycles. The molecule has 0 spiro atoms. The van der Waals surface area contributed by atoms with E-state index in [1.807, 2.05) is 0 Å². The van der Waals surface area contributed by atoms with Crippen molar-refractivity contribution in [1.29, 1.82) is 0 Å². The lowest BCUT2D eigenvalue weighted by molar-refractivity contribution is -0.139. The largest absolute Gasteiger partial charge is 0.417 e. The van der Waals surface area contributed by atoms with E-state index in [2.05, 4.69) is 5.32 Å². The molecule has 0 atom stereocenters. The number of aryl methyl sites for hydroxylation is 1. The van der Waals surface area contributed by atoms with Gasteiger partial charge in [0.05, 0.1) is 11.1 Å². The molecule has 0 saturated heterocycles. The Balaban J connectivity index is 2.73. The molecule has 0 aliphatic carbocycles. The van der Waals surface area contributed by atoms with Gasteiger partial charge in [-0.15, -0.1) is 0 Å². The van der Waals surface area contributed by atoms with E-state index in [1.165, 1.54) is 13.0 Å². The van der Waals surface area contributed by atoms with E-state index in [0.29, 0.717) is 6.07 Å². The van der Waals surface area contributed by atoms with Crippen LogP contribution in [0, 0.1) is 6.92 Å². The first-order valence-electron chi connectivity index (χ1n) is 7.06. The molecule has 25 heavy (non-hydrogen) atoms. The van der Waals surface area contributed by atoms with Crippen LogP contribution in [0.15, 0.2) is 36.4 Å². The van der Waals surface area contributed by atoms with E-state index in [0.717, 1.165) is 31.2 Å². The van der Waals surface area contributed by atoms with Crippen LogP contribution in [0.2, 0.25) is 0 Å². The van der Waals surface area contributed by atoms with Crippen LogP contribution in [0.4, 0.5) is 32.0 Å². The molecule has 0 saturated carbocycles. The average molecular weight is 361 g/mol. The lowest BCUT2D eigenvalue weighted by Gasteiger charge is -2.19. The first-order chi connectivity index (χ1) is 11.4. The van der Waals surface area contributed by atoms with E-state index in [4.69, 9.17) is 0 Å². The second-order valence-electron chi connectivity index (χ2n) is 5.49. The van der Waals surface area contributed by atoms with Crippen LogP contribution in [0.3, 0.4) is 0 Å². The standard InChI is InChI=1S/C17H13F6NO/c1-9-3-5-12(14(7-9)16(18,19)20)13-6-4-11(24-10(2)25)8-15(13)17(21,22)23/h3-8H,1-2H3,(H,24,25). The smallest absolute Gasteiger partial charge is 0.326 e. The summed E-state index contributed by atoms with van der Waals surface area (Å²) in [5.41, 5.74) is -3.45. The summed E-state index contributed by atoms with van der Waals surface area (Å²) in [6, 6.07) is 5.81. The van der Waals surface area contributed by atoms with Gasteiger partial charge in [0.15, 0.2) is 0 Å². The normalized spacial score (nSPS) is 12.2. The van der Waals surface area contributed by atoms with Crippen molar-refractivity contribution in [3.05, 3.63) is 53.1 Å². The topological polar surface area (TPSA) is 29.1 Å². The minimum atomic E-state index is -4.89. The maximum Gasteiger partial charge on any atom is 0.417 e. The monoisotopic (exact) mass is 361 g/mol. The Bertz CT molecular complexity index is 808. The summed E-state index contributed by atoms with van der Waals surface area (Å²) in [7, 11) is 0. The van der Waals surface area contributed by atoms with E-state index < -0.39 is 40.5 Å². The number of amides is 1. The van der Waals surface area contributed by atoms with Gasteiger partial charge in [-0.05, 0) is 36.2 Å². The molecular weight excluding hydrogens is 348 g/mol. The van der Waals surface area contributed by atoms with Gasteiger partial charge in [-0.2, -0.15) is 26.3 Å². The van der Waals surface area contributed by atoms with Crippen LogP contribution in [0.1, 0.15) is 23.6 Å². The fraction of sp³-hybridized carbons (Fsp3) is 0.235. The Morgan fingerprint density at radius 1 is 0.840 bits per heavy atom. The molecular formula is C17H13F6NO. The van der Waals surface area contributed by atoms with Crippen LogP contribution in [-0.2, 0) is 17.1 Å². The van der Waals surface area contributed by atoms with Gasteiger partial charge in [-0.1, -0.05) is 23.8 Å². The highest BCUT2D eigenvalue weighted by molar-refractivity contribution is 5.89. The first-order valence-corrected chi connectivity index (χ1v) is 7.06. The summed E-state index contributed by atoms with van der Waals surface area (Å²) in [6.45, 7) is 2.53. The highest BCUT2D eigenvalue weighted by Gasteiger charge is 2.38. The molecule has 0 aliphatic heterocycles. The molecule has 2 aromatic carbocycles. The quantitative estimate of drug-likeness (QED) is 0.688. The number of benzene rings is 2. The van der Waals surface area contributed by atoms with E-state index in [9.17, 15) is 31.1 Å². The second-order valence-corrected chi connectivity index (χ2v) is 5.49. The molecule has 0 fully saturated rings. The molecule has 2 rings (SSSR count). The third-order valence-electron chi connectivity index (χ3n) is 3.42. The fourth-order valence-electron chi connectivity index (χ4n) is 2.42. The van der Waals surface area contributed by atoms with Gasteiger partial charge in [0, 0.05) is 12.6 Å². The van der Waals surface area contributed by atoms with Crippen molar-refractivity contribution >= 4 is 11.6 Å². The van der Waals surface area contributed by atoms with Gasteiger partial charge in [-0.25, -0.2) is 0 Å². The summed E-state index contributed by atoms with van der Waals surface area (Å²) < 4.78 is 79.9. The van der Waals surface area contributed by atoms with E-state index in [-0.39, 0.29) is 11.3 Å². The van der Waals surface area contributed by atoms with Crippen LogP contribution in [0.5, 0.6) is 0 Å². The van der Waals surface area contributed by atoms with Crippen LogP contribution in [0.25, 0.3) is 11.1 Å². The lowest BCUT2D eigenvalue weighted by atomic mass is 9.93. The van der Waals surface area contributed by atoms with Crippen molar-refractivity contribution < 1.29 is 31.1 Å². The molecule has 1 amide bonds. The van der Waals surface area contributed by atoms with Gasteiger partial charge in [-0.3, -0.25) is 4.79 Å². The van der Waals surface area contributed by atoms with Crippen molar-refractivity contribution in [3.63, 3.8) is 0 Å². The predicted molar refractivity (Wildman–Crippen MR) is 80.9 cm³/mol. The number of rotatable bonds is 2. The Labute approximate surface area is 139 Å². The molecule has 1 N–H and O–H groups in total. The maximum absolute atomic E-state index is 13.4. The van der Waals surface area contributed by atoms with Crippen molar-refractivity contribution in [2.45, 2.75) is 26.2 Å². The number of anilines is 1. The van der Waals surface area contributed by atoms with Gasteiger partial charge >= 0.3 is 12.4 Å². The van der Waals surface area contributed by atoms with Crippen LogP contribution >= 0.6 is 0 Å². The number of carbonyl (C=O) groups excluding carboxylic acids is 1. The molecule has 0 bridgehead atoms. The summed E-state index contributed by atoms with van der Waals surface area (Å²) in [5, 5.41) is 2.19. The first kappa shape index (κ1) is 18.8. The fourth-order valence-corrected chi connectivity index (χ4v) is 2.42. The number of hydrogen-bond acceptors (Lipinski definition) is 1. The minimum Gasteiger partial charge on any atom is -0.326 e. The van der Waals surface area contributed by atoms with Crippen molar-refractivity contribution in [2.75, 3.05) is 5.32 Å². The van der Waals surface area contributed by atoms with Crippen molar-refractivity contribution in [2.24, 2.45) is 0 Å². The molecule has 2 nitrogen and oxygen atoms in total. The van der Waals surface area contributed by atoms with Gasteiger partial charge in [0.1, 0.15) is 0 Å². The third kappa shape index (κ3) is 4.32. The maximum atomic E-state index is 13.4. The summed E-state index contributed by atoms with van der Waals surface area (Å²) >= 11 is 0. The van der Waals surface area contributed by atoms with Crippen molar-refractivity contribution in [1.82, 2.24) is 0 Å². The van der Waals surface area contributed by atoms with Gasteiger partial charge < -0.3 is 5.32 Å². The van der Waals surface area contributed by atoms with Crippen molar-refractivity contribution in [3.8, 4) is 11.1 Å². The summed E-state index contributed by atoms with van der Waals surface area (Å²) in [5.74, 6) is -0.591. The number of nitrogens with one attached hydrogen (secondary N) is 1. The molecule has 0 aromatic heterocycles. The van der Waals surface area contributed by atoms with Crippen LogP contribution < -0.4 is 5.32 Å². The lowest BCUT2D eigenvalue weighted by Crippen LogP contribution is -2.13. The summed E-state index contributed by atoms with van der Waals surface area (Å²) in [4.78, 5) is 11.0. The van der Waals surface area contributed by atoms with E-state index in [1.54, 1.807) is 0 Å². The van der Waals surface area contributed by atoms with Gasteiger partial charge in [0.25, 0.3) is 0 Å². The number of alkyl halides is 6. The Morgan fingerprint density at radius 3 is 1.80 bits per heavy atom. The molecule has 0 aliphatic rings. The zero-order valence-electron chi connectivity index (χ0n) is 13.1. The third-order valence-corrected chi connectivity index (χ3v) is 3.42. The average Bonchev–Trinajstić information content (AvgIpc) is 2.45. The summed E-state index contributed by atoms with van der Waals surface area (Å²) in [6.07, 6.45) is -9.70. The Kier molecular flexibility index (Phi) is 4.83. The predicted octanol–water partition coefficient (Wildman–Crippen LogP) is 5.66. The molecule has 0 unspecified atom stereocenters. The Hall–Kier alpha value is -2.51. The van der Waals surface area contributed by atoms with Gasteiger partial charge in [0.2, 0.25) is 5.91 Å². The highest BCUT2D eigenvalue weighted by Crippen LogP contribution is 2.43. The second kappa shape index (κ2) is 6.42. The minimum absolute atomic E-state index is 0.149. The molecule has 8 heteroatoms. The molecule has 2 aromatic rings. The van der Waals surface area contributed by atoms with Crippen LogP contribution in [-0.4, -0.2) is 5.91 Å². The number of hydrogen-bond donors (Lipinski definition) is 1. The SMILES string of the molecule is CC(=O)Nc1ccc(-c2ccc(C)cc2C(F)(F)F)c(C(F)(F)F)c1. The zero-order chi connectivity index (χ0) is 19.0. The molecule has 0 radical (unpaired) electrons. The zero-order valence-corrected chi connectivity index (χ0v) is 13.1. The number of carbonyl (C=O) groups is 1.